The molecule has 0 saturated carbocycles. The monoisotopic (exact) mass is 265 g/mol. The molecule has 0 aliphatic carbocycles. The molecule has 2 atom stereocenters. The number of carbonyl (C=O) groups is 1. The van der Waals surface area contributed by atoms with Gasteiger partial charge in [0.2, 0.25) is 10.0 Å². The number of carboxylic acids is 1. The number of hydrogen-bond donors (Lipinski definition) is 2. The van der Waals surface area contributed by atoms with Gasteiger partial charge in [-0.25, -0.2) is 13.1 Å². The maximum atomic E-state index is 11.9. The van der Waals surface area contributed by atoms with Gasteiger partial charge in [0, 0.05) is 6.61 Å². The quantitative estimate of drug-likeness (QED) is 0.692. The highest BCUT2D eigenvalue weighted by Crippen LogP contribution is 2.14. The van der Waals surface area contributed by atoms with Gasteiger partial charge >= 0.3 is 5.97 Å². The zero-order valence-corrected chi connectivity index (χ0v) is 10.7. The molecule has 0 aromatic rings. The lowest BCUT2D eigenvalue weighted by molar-refractivity contribution is -0.139. The number of nitrogens with one attached hydrogen (secondary N) is 1. The van der Waals surface area contributed by atoms with E-state index in [-0.39, 0.29) is 6.61 Å². The minimum atomic E-state index is -3.59. The highest BCUT2D eigenvalue weighted by atomic mass is 32.2. The molecule has 7 heteroatoms. The summed E-state index contributed by atoms with van der Waals surface area (Å²) in [5, 5.41) is 8.33. The van der Waals surface area contributed by atoms with E-state index in [9.17, 15) is 13.2 Å². The Balaban J connectivity index is 2.61. The van der Waals surface area contributed by atoms with Crippen LogP contribution in [-0.2, 0) is 19.6 Å². The fraction of sp³-hybridized carbons (Fsp3) is 0.900. The van der Waals surface area contributed by atoms with Gasteiger partial charge in [-0.05, 0) is 12.8 Å². The Morgan fingerprint density at radius 2 is 2.29 bits per heavy atom. The second-order valence-electron chi connectivity index (χ2n) is 4.18. The standard InChI is InChI=1S/C10H19NO5S/c1-2-3-4-9(10(12)13)11-17(14,15)8-5-6-16-7-8/h8-9,11H,2-7H2,1H3,(H,12,13)/t8?,9-/m0/s1. The molecule has 17 heavy (non-hydrogen) atoms. The largest absolute Gasteiger partial charge is 0.480 e. The minimum absolute atomic E-state index is 0.148. The second-order valence-corrected chi connectivity index (χ2v) is 6.17. The van der Waals surface area contributed by atoms with E-state index in [0.29, 0.717) is 25.9 Å². The van der Waals surface area contributed by atoms with E-state index in [1.54, 1.807) is 0 Å². The van der Waals surface area contributed by atoms with Gasteiger partial charge in [-0.2, -0.15) is 0 Å². The maximum absolute atomic E-state index is 11.9. The van der Waals surface area contributed by atoms with E-state index >= 15 is 0 Å². The van der Waals surface area contributed by atoms with Crippen LogP contribution in [0.25, 0.3) is 0 Å². The Bertz CT molecular complexity index is 348. The first-order valence-electron chi connectivity index (χ1n) is 5.79. The molecule has 0 spiro atoms. The van der Waals surface area contributed by atoms with E-state index in [2.05, 4.69) is 4.72 Å². The topological polar surface area (TPSA) is 92.7 Å². The molecule has 0 aromatic carbocycles. The van der Waals surface area contributed by atoms with Crippen molar-refractivity contribution in [3.05, 3.63) is 0 Å². The Hall–Kier alpha value is -0.660. The Labute approximate surface area is 101 Å². The van der Waals surface area contributed by atoms with Gasteiger partial charge in [0.05, 0.1) is 6.61 Å². The molecule has 0 amide bonds. The smallest absolute Gasteiger partial charge is 0.321 e. The lowest BCUT2D eigenvalue weighted by Gasteiger charge is -2.17. The molecule has 2 N–H and O–H groups in total. The Kier molecular flexibility index (Phi) is 5.35. The lowest BCUT2D eigenvalue weighted by atomic mass is 10.1. The third-order valence-corrected chi connectivity index (χ3v) is 4.64. The van der Waals surface area contributed by atoms with Crippen molar-refractivity contribution in [1.29, 1.82) is 0 Å². The van der Waals surface area contributed by atoms with Crippen molar-refractivity contribution in [3.63, 3.8) is 0 Å². The number of ether oxygens (including phenoxy) is 1. The minimum Gasteiger partial charge on any atom is -0.480 e. The van der Waals surface area contributed by atoms with Crippen LogP contribution in [-0.4, -0.2) is 44.0 Å². The second kappa shape index (κ2) is 6.32. The zero-order chi connectivity index (χ0) is 12.9. The molecule has 1 heterocycles. The van der Waals surface area contributed by atoms with Crippen molar-refractivity contribution in [1.82, 2.24) is 4.72 Å². The summed E-state index contributed by atoms with van der Waals surface area (Å²) in [7, 11) is -3.59. The number of sulfonamides is 1. The van der Waals surface area contributed by atoms with Crippen molar-refractivity contribution >= 4 is 16.0 Å². The van der Waals surface area contributed by atoms with Gasteiger partial charge in [0.25, 0.3) is 0 Å². The van der Waals surface area contributed by atoms with Crippen LogP contribution in [0.4, 0.5) is 0 Å². The summed E-state index contributed by atoms with van der Waals surface area (Å²) in [5.74, 6) is -1.12. The third-order valence-electron chi connectivity index (χ3n) is 2.78. The zero-order valence-electron chi connectivity index (χ0n) is 9.89. The first kappa shape index (κ1) is 14.4. The molecule has 1 fully saturated rings. The van der Waals surface area contributed by atoms with Gasteiger partial charge in [-0.3, -0.25) is 4.79 Å². The normalized spacial score (nSPS) is 22.5. The van der Waals surface area contributed by atoms with Crippen LogP contribution in [0.2, 0.25) is 0 Å². The first-order chi connectivity index (χ1) is 7.97. The Morgan fingerprint density at radius 3 is 2.76 bits per heavy atom. The molecule has 0 bridgehead atoms. The van der Waals surface area contributed by atoms with Crippen molar-refractivity contribution in [2.75, 3.05) is 13.2 Å². The molecule has 1 aliphatic heterocycles. The molecule has 0 radical (unpaired) electrons. The van der Waals surface area contributed by atoms with Gasteiger partial charge in [0.1, 0.15) is 11.3 Å². The average molecular weight is 265 g/mol. The summed E-state index contributed by atoms with van der Waals surface area (Å²) in [5.41, 5.74) is 0. The van der Waals surface area contributed by atoms with Crippen molar-refractivity contribution in [3.8, 4) is 0 Å². The highest BCUT2D eigenvalue weighted by molar-refractivity contribution is 7.90. The maximum Gasteiger partial charge on any atom is 0.321 e. The summed E-state index contributed by atoms with van der Waals surface area (Å²) in [6.07, 6.45) is 2.26. The van der Waals surface area contributed by atoms with E-state index in [1.807, 2.05) is 6.92 Å². The molecular formula is C10H19NO5S. The predicted octanol–water partition coefficient (Wildman–Crippen LogP) is 0.338. The predicted molar refractivity (Wildman–Crippen MR) is 62.2 cm³/mol. The van der Waals surface area contributed by atoms with E-state index in [4.69, 9.17) is 9.84 Å². The lowest BCUT2D eigenvalue weighted by Crippen LogP contribution is -2.45. The summed E-state index contributed by atoms with van der Waals surface area (Å²) < 4.78 is 31.0. The van der Waals surface area contributed by atoms with Gasteiger partial charge in [-0.15, -0.1) is 0 Å². The number of rotatable bonds is 7. The van der Waals surface area contributed by atoms with Crippen LogP contribution < -0.4 is 4.72 Å². The van der Waals surface area contributed by atoms with E-state index in [0.717, 1.165) is 6.42 Å². The fourth-order valence-electron chi connectivity index (χ4n) is 1.69. The summed E-state index contributed by atoms with van der Waals surface area (Å²) >= 11 is 0. The number of aliphatic carboxylic acids is 1. The molecule has 1 aliphatic rings. The average Bonchev–Trinajstić information content (AvgIpc) is 2.77. The highest BCUT2D eigenvalue weighted by Gasteiger charge is 2.33. The van der Waals surface area contributed by atoms with Crippen LogP contribution in [0.1, 0.15) is 32.6 Å². The van der Waals surface area contributed by atoms with E-state index < -0.39 is 27.3 Å². The van der Waals surface area contributed by atoms with E-state index in [1.165, 1.54) is 0 Å². The fourth-order valence-corrected chi connectivity index (χ4v) is 3.18. The van der Waals surface area contributed by atoms with Gasteiger partial charge in [0.15, 0.2) is 0 Å². The molecule has 1 rings (SSSR count). The summed E-state index contributed by atoms with van der Waals surface area (Å²) in [6.45, 7) is 2.49. The summed E-state index contributed by atoms with van der Waals surface area (Å²) in [6, 6.07) is -1.03. The Morgan fingerprint density at radius 1 is 1.59 bits per heavy atom. The molecule has 0 aromatic heterocycles. The third kappa shape index (κ3) is 4.25. The first-order valence-corrected chi connectivity index (χ1v) is 7.33. The number of unbranched alkanes of at least 4 members (excludes halogenated alkanes) is 1. The number of carboxylic acid groups (broad SMARTS) is 1. The van der Waals surface area contributed by atoms with Crippen LogP contribution in [0.5, 0.6) is 0 Å². The van der Waals surface area contributed by atoms with Crippen molar-refractivity contribution < 1.29 is 23.1 Å². The van der Waals surface area contributed by atoms with Crippen LogP contribution in [0.15, 0.2) is 0 Å². The SMILES string of the molecule is CCCC[C@H](NS(=O)(=O)C1CCOC1)C(=O)O. The van der Waals surface area contributed by atoms with Crippen LogP contribution in [0, 0.1) is 0 Å². The van der Waals surface area contributed by atoms with Crippen LogP contribution in [0.3, 0.4) is 0 Å². The summed E-state index contributed by atoms with van der Waals surface area (Å²) in [4.78, 5) is 10.9. The van der Waals surface area contributed by atoms with Crippen molar-refractivity contribution in [2.45, 2.75) is 43.9 Å². The number of hydrogen-bond acceptors (Lipinski definition) is 4. The molecule has 1 unspecified atom stereocenters. The van der Waals surface area contributed by atoms with Crippen LogP contribution >= 0.6 is 0 Å². The van der Waals surface area contributed by atoms with Gasteiger partial charge in [-0.1, -0.05) is 19.8 Å². The molecule has 6 nitrogen and oxygen atoms in total. The van der Waals surface area contributed by atoms with Crippen molar-refractivity contribution in [2.24, 2.45) is 0 Å². The molecule has 1 saturated heterocycles. The molecule has 100 valence electrons. The molecular weight excluding hydrogens is 246 g/mol. The van der Waals surface area contributed by atoms with Gasteiger partial charge < -0.3 is 9.84 Å².